The van der Waals surface area contributed by atoms with Crippen molar-refractivity contribution in [3.63, 3.8) is 0 Å². The molecule has 0 aliphatic heterocycles. The van der Waals surface area contributed by atoms with Gasteiger partial charge in [0, 0.05) is 24.3 Å². The summed E-state index contributed by atoms with van der Waals surface area (Å²) in [6.45, 7) is 5.47. The van der Waals surface area contributed by atoms with Crippen molar-refractivity contribution >= 4 is 29.6 Å². The second-order valence-corrected chi connectivity index (χ2v) is 9.63. The number of rotatable bonds is 3. The van der Waals surface area contributed by atoms with Crippen LogP contribution in [0, 0.1) is 34.5 Å². The van der Waals surface area contributed by atoms with E-state index in [1.807, 2.05) is 0 Å². The van der Waals surface area contributed by atoms with Crippen LogP contribution in [-0.4, -0.2) is 35.6 Å². The van der Waals surface area contributed by atoms with E-state index in [2.05, 4.69) is 24.2 Å². The SMILES string of the molecule is C[C@]12CC/C(=N\OCCN)C[C@@H]1/C(=N/O)C[C@@H]1[C@@H]2CC[C@]2(C)C(=O)CC[C@@H]12.Cl. The van der Waals surface area contributed by atoms with Crippen molar-refractivity contribution in [2.75, 3.05) is 13.2 Å². The number of nitrogens with two attached hydrogens (primary N) is 1. The molecule has 0 aromatic rings. The number of ketones is 1. The minimum Gasteiger partial charge on any atom is -0.411 e. The zero-order valence-corrected chi connectivity index (χ0v) is 17.8. The van der Waals surface area contributed by atoms with Crippen molar-refractivity contribution in [1.29, 1.82) is 0 Å². The predicted octanol–water partition coefficient (Wildman–Crippen LogP) is 3.79. The van der Waals surface area contributed by atoms with Crippen molar-refractivity contribution in [2.24, 2.45) is 50.5 Å². The molecule has 0 aromatic heterocycles. The van der Waals surface area contributed by atoms with E-state index in [4.69, 9.17) is 10.6 Å². The van der Waals surface area contributed by atoms with Crippen molar-refractivity contribution in [2.45, 2.75) is 65.2 Å². The van der Waals surface area contributed by atoms with Gasteiger partial charge in [-0.15, -0.1) is 12.4 Å². The molecule has 28 heavy (non-hydrogen) atoms. The quantitative estimate of drug-likeness (QED) is 0.419. The fourth-order valence-electron chi connectivity index (χ4n) is 7.03. The van der Waals surface area contributed by atoms with Gasteiger partial charge in [0.1, 0.15) is 12.4 Å². The lowest BCUT2D eigenvalue weighted by atomic mass is 9.45. The Labute approximate surface area is 173 Å². The molecule has 0 unspecified atom stereocenters. The number of fused-ring (bicyclic) bond motifs is 5. The van der Waals surface area contributed by atoms with Gasteiger partial charge in [0.25, 0.3) is 0 Å². The maximum atomic E-state index is 12.6. The molecule has 0 bridgehead atoms. The van der Waals surface area contributed by atoms with Gasteiger partial charge < -0.3 is 15.8 Å². The summed E-state index contributed by atoms with van der Waals surface area (Å²) in [6.07, 6.45) is 7.48. The fraction of sp³-hybridized carbons (Fsp3) is 0.857. The molecular formula is C21H34ClN3O3. The van der Waals surface area contributed by atoms with E-state index >= 15 is 0 Å². The van der Waals surface area contributed by atoms with E-state index in [1.165, 1.54) is 0 Å². The number of carbonyl (C=O) groups is 1. The van der Waals surface area contributed by atoms with Gasteiger partial charge in [-0.3, -0.25) is 4.79 Å². The number of oxime groups is 2. The highest BCUT2D eigenvalue weighted by atomic mass is 35.5. The van der Waals surface area contributed by atoms with Crippen LogP contribution in [-0.2, 0) is 9.63 Å². The number of hydrogen-bond donors (Lipinski definition) is 2. The number of hydrogen-bond acceptors (Lipinski definition) is 6. The Morgan fingerprint density at radius 2 is 1.96 bits per heavy atom. The van der Waals surface area contributed by atoms with Crippen molar-refractivity contribution in [1.82, 2.24) is 0 Å². The molecule has 6 nitrogen and oxygen atoms in total. The molecule has 6 atom stereocenters. The molecule has 7 heteroatoms. The third-order valence-electron chi connectivity index (χ3n) is 8.56. The highest BCUT2D eigenvalue weighted by molar-refractivity contribution is 5.96. The fourth-order valence-corrected chi connectivity index (χ4v) is 7.03. The van der Waals surface area contributed by atoms with E-state index < -0.39 is 0 Å². The molecule has 0 aromatic carbocycles. The molecule has 0 spiro atoms. The van der Waals surface area contributed by atoms with Crippen LogP contribution < -0.4 is 5.73 Å². The van der Waals surface area contributed by atoms with Crippen LogP contribution in [0.2, 0.25) is 0 Å². The molecular weight excluding hydrogens is 378 g/mol. The highest BCUT2D eigenvalue weighted by Gasteiger charge is 2.61. The summed E-state index contributed by atoms with van der Waals surface area (Å²) in [4.78, 5) is 17.9. The van der Waals surface area contributed by atoms with Crippen LogP contribution in [0.4, 0.5) is 0 Å². The number of carbonyl (C=O) groups excluding carboxylic acids is 1. The normalized spacial score (nSPS) is 45.2. The van der Waals surface area contributed by atoms with E-state index in [0.717, 1.165) is 62.8 Å². The Morgan fingerprint density at radius 1 is 1.18 bits per heavy atom. The highest BCUT2D eigenvalue weighted by Crippen LogP contribution is 2.64. The lowest BCUT2D eigenvalue weighted by Crippen LogP contribution is -2.56. The van der Waals surface area contributed by atoms with Crippen LogP contribution in [0.3, 0.4) is 0 Å². The third kappa shape index (κ3) is 3.17. The van der Waals surface area contributed by atoms with Gasteiger partial charge in [-0.2, -0.15) is 0 Å². The Balaban J connectivity index is 0.00000225. The molecule has 4 aliphatic carbocycles. The first-order valence-electron chi connectivity index (χ1n) is 10.6. The molecule has 0 radical (unpaired) electrons. The second kappa shape index (κ2) is 7.94. The standard InChI is InChI=1S/C21H33N3O3.ClH/c1-20-7-5-13(24-27-10-9-22)11-17(20)18(23-26)12-14-15-3-4-19(25)21(15,2)8-6-16(14)20;/h14-17,26H,3-12,22H2,1-2H3;1H/b23-18+,24-13+;/t14-,15-,16-,17+,20+,21-;/m0./s1. The number of Topliss-reactive ketones (excluding diaryl/α,β-unsaturated/α-hetero) is 1. The Morgan fingerprint density at radius 3 is 2.68 bits per heavy atom. The van der Waals surface area contributed by atoms with Crippen LogP contribution in [0.25, 0.3) is 0 Å². The minimum absolute atomic E-state index is 0. The number of nitrogens with zero attached hydrogens (tertiary/aromatic N) is 2. The van der Waals surface area contributed by atoms with Crippen LogP contribution in [0.1, 0.15) is 65.2 Å². The maximum absolute atomic E-state index is 12.6. The van der Waals surface area contributed by atoms with Crippen LogP contribution in [0.15, 0.2) is 10.3 Å². The first-order chi connectivity index (χ1) is 12.9. The summed E-state index contributed by atoms with van der Waals surface area (Å²) in [7, 11) is 0. The molecule has 0 heterocycles. The summed E-state index contributed by atoms with van der Waals surface area (Å²) >= 11 is 0. The zero-order valence-electron chi connectivity index (χ0n) is 17.0. The summed E-state index contributed by atoms with van der Waals surface area (Å²) in [5, 5.41) is 17.9. The van der Waals surface area contributed by atoms with Gasteiger partial charge >= 0.3 is 0 Å². The van der Waals surface area contributed by atoms with Crippen molar-refractivity contribution in [3.8, 4) is 0 Å². The molecule has 4 aliphatic rings. The van der Waals surface area contributed by atoms with Gasteiger partial charge in [-0.25, -0.2) is 0 Å². The topological polar surface area (TPSA) is 97.3 Å². The molecule has 4 fully saturated rings. The first kappa shape index (κ1) is 21.6. The Kier molecular flexibility index (Phi) is 6.12. The van der Waals surface area contributed by atoms with Crippen LogP contribution >= 0.6 is 12.4 Å². The van der Waals surface area contributed by atoms with E-state index in [1.54, 1.807) is 0 Å². The van der Waals surface area contributed by atoms with E-state index in [0.29, 0.717) is 36.7 Å². The van der Waals surface area contributed by atoms with Gasteiger partial charge in [-0.05, 0) is 68.1 Å². The molecule has 3 N–H and O–H groups in total. The van der Waals surface area contributed by atoms with Crippen molar-refractivity contribution < 1.29 is 14.8 Å². The van der Waals surface area contributed by atoms with E-state index in [9.17, 15) is 10.0 Å². The summed E-state index contributed by atoms with van der Waals surface area (Å²) < 4.78 is 0. The monoisotopic (exact) mass is 411 g/mol. The molecule has 4 rings (SSSR count). The van der Waals surface area contributed by atoms with Gasteiger partial charge in [0.05, 0.1) is 11.4 Å². The molecule has 158 valence electrons. The summed E-state index contributed by atoms with van der Waals surface area (Å²) in [5.41, 5.74) is 7.41. The third-order valence-corrected chi connectivity index (χ3v) is 8.56. The first-order valence-corrected chi connectivity index (χ1v) is 10.6. The largest absolute Gasteiger partial charge is 0.411 e. The summed E-state index contributed by atoms with van der Waals surface area (Å²) in [5.74, 6) is 2.19. The maximum Gasteiger partial charge on any atom is 0.139 e. The molecule has 0 amide bonds. The lowest BCUT2D eigenvalue weighted by Gasteiger charge is -2.59. The second-order valence-electron chi connectivity index (χ2n) is 9.63. The van der Waals surface area contributed by atoms with Gasteiger partial charge in [0.15, 0.2) is 0 Å². The van der Waals surface area contributed by atoms with E-state index in [-0.39, 0.29) is 29.2 Å². The molecule has 4 saturated carbocycles. The Hall–Kier alpha value is -1.14. The van der Waals surface area contributed by atoms with Crippen LogP contribution in [0.5, 0.6) is 0 Å². The lowest BCUT2D eigenvalue weighted by molar-refractivity contribution is -0.133. The minimum atomic E-state index is -0.151. The number of halogens is 1. The zero-order chi connectivity index (χ0) is 19.2. The summed E-state index contributed by atoms with van der Waals surface area (Å²) in [6, 6.07) is 0. The van der Waals surface area contributed by atoms with Gasteiger partial charge in [-0.1, -0.05) is 24.2 Å². The van der Waals surface area contributed by atoms with Gasteiger partial charge in [0.2, 0.25) is 0 Å². The van der Waals surface area contributed by atoms with Crippen molar-refractivity contribution in [3.05, 3.63) is 0 Å². The smallest absolute Gasteiger partial charge is 0.139 e. The average molecular weight is 412 g/mol. The average Bonchev–Trinajstić information content (AvgIpc) is 2.96. The Bertz CT molecular complexity index is 682. The predicted molar refractivity (Wildman–Crippen MR) is 111 cm³/mol. The molecule has 0 saturated heterocycles.